The van der Waals surface area contributed by atoms with E-state index in [2.05, 4.69) is 15.9 Å². The second-order valence-electron chi connectivity index (χ2n) is 5.04. The SMILES string of the molecule is CC(=O)c1ccc2c(c1)Cc1c(C(N)=O)cc(Cl)c(Br)c1-2. The molecule has 2 N–H and O–H groups in total. The number of hydrogen-bond donors (Lipinski definition) is 1. The molecule has 0 saturated heterocycles. The molecule has 0 aliphatic heterocycles. The number of carbonyl (C=O) groups excluding carboxylic acids is 2. The lowest BCUT2D eigenvalue weighted by atomic mass is 10.0. The Morgan fingerprint density at radius 1 is 1.29 bits per heavy atom. The van der Waals surface area contributed by atoms with Gasteiger partial charge in [0, 0.05) is 21.2 Å². The molecule has 0 fully saturated rings. The molecule has 1 aliphatic rings. The van der Waals surface area contributed by atoms with Crippen LogP contribution in [0.1, 0.15) is 38.8 Å². The smallest absolute Gasteiger partial charge is 0.249 e. The van der Waals surface area contributed by atoms with Crippen molar-refractivity contribution >= 4 is 39.2 Å². The van der Waals surface area contributed by atoms with Crippen molar-refractivity contribution < 1.29 is 9.59 Å². The van der Waals surface area contributed by atoms with Gasteiger partial charge in [0.25, 0.3) is 0 Å². The molecule has 0 atom stereocenters. The molecule has 3 nitrogen and oxygen atoms in total. The predicted molar refractivity (Wildman–Crippen MR) is 85.9 cm³/mol. The Morgan fingerprint density at radius 2 is 2.00 bits per heavy atom. The van der Waals surface area contributed by atoms with Crippen LogP contribution in [0.25, 0.3) is 11.1 Å². The van der Waals surface area contributed by atoms with Crippen molar-refractivity contribution in [3.05, 3.63) is 56.0 Å². The monoisotopic (exact) mass is 363 g/mol. The fraction of sp³-hybridized carbons (Fsp3) is 0.125. The van der Waals surface area contributed by atoms with Gasteiger partial charge in [-0.1, -0.05) is 23.7 Å². The fourth-order valence-electron chi connectivity index (χ4n) is 2.74. The summed E-state index contributed by atoms with van der Waals surface area (Å²) in [7, 11) is 0. The van der Waals surface area contributed by atoms with E-state index >= 15 is 0 Å². The van der Waals surface area contributed by atoms with Crippen LogP contribution in [0, 0.1) is 0 Å². The standard InChI is InChI=1S/C16H11BrClNO2/c1-7(20)8-2-3-10-9(4-8)5-11-12(16(19)21)6-13(18)15(17)14(10)11/h2-4,6H,5H2,1H3,(H2,19,21). The van der Waals surface area contributed by atoms with Crippen LogP contribution in [0.15, 0.2) is 28.7 Å². The van der Waals surface area contributed by atoms with Crippen LogP contribution in [0.2, 0.25) is 5.02 Å². The molecule has 5 heteroatoms. The largest absolute Gasteiger partial charge is 0.366 e. The number of hydrogen-bond acceptors (Lipinski definition) is 2. The molecule has 2 aromatic rings. The third kappa shape index (κ3) is 2.19. The maximum Gasteiger partial charge on any atom is 0.249 e. The summed E-state index contributed by atoms with van der Waals surface area (Å²) in [6, 6.07) is 7.13. The van der Waals surface area contributed by atoms with Gasteiger partial charge in [0.15, 0.2) is 5.78 Å². The molecule has 0 unspecified atom stereocenters. The second kappa shape index (κ2) is 4.97. The molecule has 0 saturated carbocycles. The number of nitrogens with two attached hydrogens (primary N) is 1. The highest BCUT2D eigenvalue weighted by molar-refractivity contribution is 9.10. The van der Waals surface area contributed by atoms with E-state index in [4.69, 9.17) is 17.3 Å². The van der Waals surface area contributed by atoms with E-state index in [0.29, 0.717) is 22.6 Å². The zero-order valence-corrected chi connectivity index (χ0v) is 13.5. The first-order valence-electron chi connectivity index (χ1n) is 6.35. The van der Waals surface area contributed by atoms with Crippen LogP contribution in [0.5, 0.6) is 0 Å². The van der Waals surface area contributed by atoms with Crippen molar-refractivity contribution in [2.24, 2.45) is 5.73 Å². The van der Waals surface area contributed by atoms with Gasteiger partial charge in [-0.2, -0.15) is 0 Å². The summed E-state index contributed by atoms with van der Waals surface area (Å²) in [5.41, 5.74) is 10.3. The molecule has 1 aliphatic carbocycles. The van der Waals surface area contributed by atoms with Gasteiger partial charge >= 0.3 is 0 Å². The molecule has 1 amide bonds. The van der Waals surface area contributed by atoms with Gasteiger partial charge in [-0.15, -0.1) is 0 Å². The number of Topliss-reactive ketones (excluding diaryl/α,β-unsaturated/α-hetero) is 1. The molecule has 2 aromatic carbocycles. The Labute approximate surface area is 135 Å². The minimum atomic E-state index is -0.500. The average Bonchev–Trinajstić information content (AvgIpc) is 2.80. The van der Waals surface area contributed by atoms with Crippen molar-refractivity contribution in [2.75, 3.05) is 0 Å². The minimum absolute atomic E-state index is 0.0148. The molecule has 0 aromatic heterocycles. The van der Waals surface area contributed by atoms with Crippen LogP contribution >= 0.6 is 27.5 Å². The maximum atomic E-state index is 11.6. The van der Waals surface area contributed by atoms with Gasteiger partial charge in [-0.25, -0.2) is 0 Å². The summed E-state index contributed by atoms with van der Waals surface area (Å²) in [6.07, 6.45) is 0.569. The Hall–Kier alpha value is -1.65. The van der Waals surface area contributed by atoms with E-state index in [0.717, 1.165) is 26.7 Å². The molecule has 21 heavy (non-hydrogen) atoms. The molecule has 0 spiro atoms. The van der Waals surface area contributed by atoms with Crippen molar-refractivity contribution in [1.29, 1.82) is 0 Å². The second-order valence-corrected chi connectivity index (χ2v) is 6.24. The zero-order valence-electron chi connectivity index (χ0n) is 11.2. The number of ketones is 1. The molecular weight excluding hydrogens is 354 g/mol. The number of carbonyl (C=O) groups is 2. The highest BCUT2D eigenvalue weighted by Crippen LogP contribution is 2.46. The maximum absolute atomic E-state index is 11.6. The van der Waals surface area contributed by atoms with E-state index in [-0.39, 0.29) is 5.78 Å². The number of primary amides is 1. The summed E-state index contributed by atoms with van der Waals surface area (Å²) in [4.78, 5) is 23.2. The topological polar surface area (TPSA) is 60.2 Å². The van der Waals surface area contributed by atoms with Crippen molar-refractivity contribution in [3.8, 4) is 11.1 Å². The van der Waals surface area contributed by atoms with Crippen LogP contribution in [-0.2, 0) is 6.42 Å². The number of benzene rings is 2. The normalized spacial score (nSPS) is 12.0. The Bertz CT molecular complexity index is 814. The van der Waals surface area contributed by atoms with Gasteiger partial charge in [0.2, 0.25) is 5.91 Å². The lowest BCUT2D eigenvalue weighted by molar-refractivity contribution is 0.0995. The first kappa shape index (κ1) is 14.3. The number of amides is 1. The summed E-state index contributed by atoms with van der Waals surface area (Å²) in [5, 5.41) is 0.450. The third-order valence-corrected chi connectivity index (χ3v) is 5.09. The van der Waals surface area contributed by atoms with Crippen LogP contribution in [0.3, 0.4) is 0 Å². The molecule has 0 radical (unpaired) electrons. The van der Waals surface area contributed by atoms with Crippen molar-refractivity contribution in [1.82, 2.24) is 0 Å². The summed E-state index contributed by atoms with van der Waals surface area (Å²) < 4.78 is 0.749. The lowest BCUT2D eigenvalue weighted by Gasteiger charge is -2.10. The van der Waals surface area contributed by atoms with E-state index in [1.54, 1.807) is 12.1 Å². The first-order valence-corrected chi connectivity index (χ1v) is 7.52. The summed E-state index contributed by atoms with van der Waals surface area (Å²) in [5.74, 6) is -0.485. The molecular formula is C16H11BrClNO2. The van der Waals surface area contributed by atoms with Crippen LogP contribution in [-0.4, -0.2) is 11.7 Å². The minimum Gasteiger partial charge on any atom is -0.366 e. The van der Waals surface area contributed by atoms with Crippen molar-refractivity contribution in [2.45, 2.75) is 13.3 Å². The quantitative estimate of drug-likeness (QED) is 0.699. The zero-order chi connectivity index (χ0) is 15.3. The Kier molecular flexibility index (Phi) is 3.38. The molecule has 0 bridgehead atoms. The van der Waals surface area contributed by atoms with Crippen molar-refractivity contribution in [3.63, 3.8) is 0 Å². The van der Waals surface area contributed by atoms with Gasteiger partial charge in [-0.3, -0.25) is 9.59 Å². The Balaban J connectivity index is 2.29. The lowest BCUT2D eigenvalue weighted by Crippen LogP contribution is -2.13. The van der Waals surface area contributed by atoms with Crippen LogP contribution < -0.4 is 5.73 Å². The molecule has 0 heterocycles. The first-order chi connectivity index (χ1) is 9.90. The molecule has 106 valence electrons. The van der Waals surface area contributed by atoms with Crippen LogP contribution in [0.4, 0.5) is 0 Å². The highest BCUT2D eigenvalue weighted by atomic mass is 79.9. The number of rotatable bonds is 2. The van der Waals surface area contributed by atoms with Gasteiger partial charge < -0.3 is 5.73 Å². The predicted octanol–water partition coefficient (Wildman–Crippen LogP) is 3.98. The number of fused-ring (bicyclic) bond motifs is 3. The van der Waals surface area contributed by atoms with E-state index in [1.807, 2.05) is 12.1 Å². The summed E-state index contributed by atoms with van der Waals surface area (Å²) in [6.45, 7) is 1.53. The Morgan fingerprint density at radius 3 is 2.62 bits per heavy atom. The van der Waals surface area contributed by atoms with E-state index < -0.39 is 5.91 Å². The number of halogens is 2. The van der Waals surface area contributed by atoms with Gasteiger partial charge in [0.05, 0.1) is 5.02 Å². The van der Waals surface area contributed by atoms with Gasteiger partial charge in [0.1, 0.15) is 0 Å². The third-order valence-electron chi connectivity index (χ3n) is 3.74. The highest BCUT2D eigenvalue weighted by Gasteiger charge is 2.27. The van der Waals surface area contributed by atoms with E-state index in [1.165, 1.54) is 6.92 Å². The molecule has 3 rings (SSSR count). The summed E-state index contributed by atoms with van der Waals surface area (Å²) >= 11 is 9.66. The fourth-order valence-corrected chi connectivity index (χ4v) is 3.51. The van der Waals surface area contributed by atoms with E-state index in [9.17, 15) is 9.59 Å². The average molecular weight is 365 g/mol. The van der Waals surface area contributed by atoms with Gasteiger partial charge in [-0.05, 0) is 58.1 Å².